The molecule has 2 rings (SSSR count). The van der Waals surface area contributed by atoms with Crippen LogP contribution in [0, 0.1) is 17.8 Å². The number of aliphatic hydroxyl groups is 1. The normalized spacial score (nSPS) is 18.6. The Balaban J connectivity index is 2.20. The first-order chi connectivity index (χ1) is 23.8. The molecule has 1 saturated heterocycles. The molecule has 51 heavy (non-hydrogen) atoms. The number of ketones is 2. The highest BCUT2D eigenvalue weighted by atomic mass is 31.2. The van der Waals surface area contributed by atoms with Crippen molar-refractivity contribution in [2.45, 2.75) is 96.9 Å². The molecule has 0 aromatic carbocycles. The molecule has 0 aliphatic carbocycles. The number of aliphatic hydroxyl groups excluding tert-OH is 1. The number of aliphatic carboxylic acids is 1. The van der Waals surface area contributed by atoms with Crippen molar-refractivity contribution in [3.8, 4) is 0 Å². The number of carbonyl (C=O) groups excluding carboxylic acids is 6. The second kappa shape index (κ2) is 20.1. The molecule has 1 aromatic heterocycles. The van der Waals surface area contributed by atoms with Gasteiger partial charge in [0.15, 0.2) is 11.6 Å². The number of phosphoric ester groups is 1. The van der Waals surface area contributed by atoms with Crippen LogP contribution in [0.2, 0.25) is 0 Å². The van der Waals surface area contributed by atoms with Gasteiger partial charge in [0, 0.05) is 44.6 Å². The van der Waals surface area contributed by atoms with E-state index in [9.17, 15) is 48.1 Å². The van der Waals surface area contributed by atoms with Crippen molar-refractivity contribution in [1.29, 1.82) is 0 Å². The van der Waals surface area contributed by atoms with Crippen molar-refractivity contribution < 1.29 is 62.3 Å². The molecule has 1 aromatic rings. The van der Waals surface area contributed by atoms with E-state index >= 15 is 0 Å². The van der Waals surface area contributed by atoms with E-state index in [-0.39, 0.29) is 24.7 Å². The molecule has 19 nitrogen and oxygen atoms in total. The van der Waals surface area contributed by atoms with E-state index < -0.39 is 112 Å². The van der Waals surface area contributed by atoms with Crippen molar-refractivity contribution in [3.05, 3.63) is 18.2 Å². The molecule has 4 amide bonds. The zero-order chi connectivity index (χ0) is 38.5. The number of nitrogens with zero attached hydrogens (tertiary/aromatic N) is 2. The van der Waals surface area contributed by atoms with Crippen LogP contribution in [0.3, 0.4) is 0 Å². The number of H-pyrrole nitrogens is 1. The molecule has 0 bridgehead atoms. The number of carbonyl (C=O) groups is 7. The molecular weight excluding hydrogens is 695 g/mol. The van der Waals surface area contributed by atoms with Crippen LogP contribution in [0.4, 0.5) is 0 Å². The summed E-state index contributed by atoms with van der Waals surface area (Å²) < 4.78 is 21.7. The lowest BCUT2D eigenvalue weighted by atomic mass is 9.89. The first-order valence-corrected chi connectivity index (χ1v) is 18.0. The molecule has 1 fully saturated rings. The SMILES string of the molecule is CC(=O)N1CCC[C@H]1C(=O)N[C@@H](CC(C)C)C(=O)C[C@@H](Cc1cnc[nH]1)C(=O)N[C@@H](CO)C(=O)C[C@H](C(N)=O)[C@@H](C)OP(=O)(O)OCCC(=O)O. The number of aromatic nitrogens is 2. The quantitative estimate of drug-likeness (QED) is 0.0702. The zero-order valence-electron chi connectivity index (χ0n) is 29.1. The number of carboxylic acid groups (broad SMARTS) is 1. The van der Waals surface area contributed by atoms with Gasteiger partial charge in [-0.1, -0.05) is 13.8 Å². The third-order valence-corrected chi connectivity index (χ3v) is 9.43. The lowest BCUT2D eigenvalue weighted by molar-refractivity contribution is -0.138. The maximum atomic E-state index is 13.7. The second-order valence-corrected chi connectivity index (χ2v) is 14.3. The Bertz CT molecular complexity index is 1440. The summed E-state index contributed by atoms with van der Waals surface area (Å²) in [5, 5.41) is 23.9. The lowest BCUT2D eigenvalue weighted by Gasteiger charge is -2.27. The highest BCUT2D eigenvalue weighted by molar-refractivity contribution is 7.47. The molecule has 286 valence electrons. The van der Waals surface area contributed by atoms with Crippen LogP contribution in [-0.4, -0.2) is 115 Å². The van der Waals surface area contributed by atoms with Crippen molar-refractivity contribution in [2.75, 3.05) is 19.8 Å². The monoisotopic (exact) mass is 744 g/mol. The minimum atomic E-state index is -4.88. The van der Waals surface area contributed by atoms with E-state index in [2.05, 4.69) is 25.1 Å². The number of rotatable bonds is 23. The average molecular weight is 745 g/mol. The van der Waals surface area contributed by atoms with Gasteiger partial charge >= 0.3 is 13.8 Å². The Labute approximate surface area is 295 Å². The highest BCUT2D eigenvalue weighted by Gasteiger charge is 2.38. The molecule has 0 saturated carbocycles. The lowest BCUT2D eigenvalue weighted by Crippen LogP contribution is -2.52. The number of aromatic amines is 1. The first kappa shape index (κ1) is 43.1. The van der Waals surface area contributed by atoms with E-state index in [0.29, 0.717) is 25.1 Å². The van der Waals surface area contributed by atoms with Crippen molar-refractivity contribution in [3.63, 3.8) is 0 Å². The predicted molar refractivity (Wildman–Crippen MR) is 177 cm³/mol. The van der Waals surface area contributed by atoms with Crippen molar-refractivity contribution >= 4 is 49.0 Å². The standard InChI is InChI=1S/C31H49N6O13P/c1-17(2)10-23(35-31(46)25-6-5-8-37(25)19(4)39)26(40)12-20(11-21-14-33-16-34-21)30(45)36-24(15-38)27(41)13-22(29(32)44)18(3)50-51(47,48)49-9-7-28(42)43/h14,16-18,20,22-25,38H,5-13,15H2,1-4H3,(H2,32,44)(H,33,34)(H,35,46)(H,36,45)(H,42,43)(H,47,48)/t18-,20-,22+,23+,24+,25+/m1/s1. The fourth-order valence-electron chi connectivity index (χ4n) is 5.67. The number of nitrogens with one attached hydrogen (secondary N) is 3. The number of hydrogen-bond donors (Lipinski definition) is 7. The number of Topliss-reactive ketones (excluding diaryl/α,β-unsaturated/α-hetero) is 2. The number of nitrogens with two attached hydrogens (primary N) is 1. The van der Waals surface area contributed by atoms with Crippen LogP contribution >= 0.6 is 7.82 Å². The summed E-state index contributed by atoms with van der Waals surface area (Å²) in [6, 6.07) is -3.31. The average Bonchev–Trinajstić information content (AvgIpc) is 3.73. The third kappa shape index (κ3) is 14.3. The molecule has 20 heteroatoms. The zero-order valence-corrected chi connectivity index (χ0v) is 30.0. The smallest absolute Gasteiger partial charge is 0.472 e. The molecule has 1 aliphatic heterocycles. The molecule has 0 spiro atoms. The number of amides is 4. The van der Waals surface area contributed by atoms with Gasteiger partial charge < -0.3 is 41.4 Å². The summed E-state index contributed by atoms with van der Waals surface area (Å²) in [6.45, 7) is 5.05. The molecule has 8 N–H and O–H groups in total. The number of primary amides is 1. The Morgan fingerprint density at radius 1 is 1.10 bits per heavy atom. The summed E-state index contributed by atoms with van der Waals surface area (Å²) in [5.41, 5.74) is 5.89. The van der Waals surface area contributed by atoms with Gasteiger partial charge in [-0.3, -0.25) is 42.6 Å². The van der Waals surface area contributed by atoms with Gasteiger partial charge in [-0.15, -0.1) is 0 Å². The van der Waals surface area contributed by atoms with Crippen molar-refractivity contribution in [2.24, 2.45) is 23.5 Å². The number of likely N-dealkylation sites (tertiary alicyclic amines) is 1. The summed E-state index contributed by atoms with van der Waals surface area (Å²) in [4.78, 5) is 107. The number of imidazole rings is 1. The van der Waals surface area contributed by atoms with Crippen LogP contribution in [-0.2, 0) is 53.6 Å². The van der Waals surface area contributed by atoms with Gasteiger partial charge in [0.2, 0.25) is 23.6 Å². The second-order valence-electron chi connectivity index (χ2n) is 12.9. The predicted octanol–water partition coefficient (Wildman–Crippen LogP) is -0.396. The molecule has 2 heterocycles. The van der Waals surface area contributed by atoms with Gasteiger partial charge in [-0.25, -0.2) is 9.55 Å². The van der Waals surface area contributed by atoms with Gasteiger partial charge in [0.25, 0.3) is 0 Å². The molecule has 1 unspecified atom stereocenters. The Hall–Kier alpha value is -4.03. The minimum Gasteiger partial charge on any atom is -0.481 e. The van der Waals surface area contributed by atoms with Crippen LogP contribution < -0.4 is 16.4 Å². The van der Waals surface area contributed by atoms with Crippen molar-refractivity contribution in [1.82, 2.24) is 25.5 Å². The van der Waals surface area contributed by atoms with E-state index in [0.717, 1.165) is 6.92 Å². The Morgan fingerprint density at radius 3 is 2.31 bits per heavy atom. The first-order valence-electron chi connectivity index (χ1n) is 16.5. The summed E-state index contributed by atoms with van der Waals surface area (Å²) in [6.07, 6.45) is 0.834. The third-order valence-electron chi connectivity index (χ3n) is 8.32. The maximum Gasteiger partial charge on any atom is 0.472 e. The molecular formula is C31H49N6O13P. The van der Waals surface area contributed by atoms with Crippen LogP contribution in [0.1, 0.15) is 71.9 Å². The van der Waals surface area contributed by atoms with E-state index in [1.807, 2.05) is 13.8 Å². The van der Waals surface area contributed by atoms with E-state index in [1.165, 1.54) is 24.3 Å². The van der Waals surface area contributed by atoms with Gasteiger partial charge in [-0.05, 0) is 32.1 Å². The molecule has 0 radical (unpaired) electrons. The number of phosphoric acid groups is 1. The number of carboxylic acids is 1. The summed E-state index contributed by atoms with van der Waals surface area (Å²) in [5.74, 6) is -8.04. The number of hydrogen-bond acceptors (Lipinski definition) is 12. The van der Waals surface area contributed by atoms with Gasteiger partial charge in [-0.2, -0.15) is 0 Å². The fourth-order valence-corrected chi connectivity index (χ4v) is 6.62. The largest absolute Gasteiger partial charge is 0.481 e. The van der Waals surface area contributed by atoms with E-state index in [4.69, 9.17) is 15.4 Å². The van der Waals surface area contributed by atoms with Crippen LogP contribution in [0.5, 0.6) is 0 Å². The topological polar surface area (TPSA) is 298 Å². The Morgan fingerprint density at radius 2 is 1.76 bits per heavy atom. The maximum absolute atomic E-state index is 13.7. The minimum absolute atomic E-state index is 0.0383. The van der Waals surface area contributed by atoms with E-state index in [1.54, 1.807) is 0 Å². The fraction of sp³-hybridized carbons (Fsp3) is 0.677. The van der Waals surface area contributed by atoms with Crippen LogP contribution in [0.15, 0.2) is 12.5 Å². The summed E-state index contributed by atoms with van der Waals surface area (Å²) >= 11 is 0. The molecule has 1 aliphatic rings. The highest BCUT2D eigenvalue weighted by Crippen LogP contribution is 2.46. The summed E-state index contributed by atoms with van der Waals surface area (Å²) in [7, 11) is -4.88. The van der Waals surface area contributed by atoms with Gasteiger partial charge in [0.05, 0.1) is 49.9 Å². The van der Waals surface area contributed by atoms with Crippen LogP contribution in [0.25, 0.3) is 0 Å². The van der Waals surface area contributed by atoms with Gasteiger partial charge in [0.1, 0.15) is 12.1 Å². The Kier molecular flexibility index (Phi) is 17.0. The molecule has 7 atom stereocenters.